The molecule has 6 nitrogen and oxygen atoms in total. The van der Waals surface area contributed by atoms with Crippen molar-refractivity contribution in [3.8, 4) is 17.2 Å². The number of carbonyl (C=O) groups is 1. The molecule has 0 aliphatic rings. The smallest absolute Gasteiger partial charge is 0.245 e. The Morgan fingerprint density at radius 3 is 2.61 bits per heavy atom. The number of nitrogens with zero attached hydrogens (tertiary/aromatic N) is 1. The number of thiophene rings is 1. The van der Waals surface area contributed by atoms with Crippen molar-refractivity contribution >= 4 is 35.1 Å². The van der Waals surface area contributed by atoms with Gasteiger partial charge in [-0.25, -0.2) is 5.43 Å². The van der Waals surface area contributed by atoms with E-state index in [9.17, 15) is 4.79 Å². The summed E-state index contributed by atoms with van der Waals surface area (Å²) in [7, 11) is 0. The number of rotatable bonds is 11. The third-order valence-electron chi connectivity index (χ3n) is 4.01. The van der Waals surface area contributed by atoms with Crippen LogP contribution in [0.2, 0.25) is 5.02 Å². The van der Waals surface area contributed by atoms with Crippen molar-refractivity contribution in [1.29, 1.82) is 0 Å². The fourth-order valence-corrected chi connectivity index (χ4v) is 3.45. The van der Waals surface area contributed by atoms with Crippen LogP contribution in [0.15, 0.2) is 65.1 Å². The van der Waals surface area contributed by atoms with Gasteiger partial charge in [0, 0.05) is 9.90 Å². The number of nitrogens with one attached hydrogen (secondary N) is 1. The third kappa shape index (κ3) is 7.62. The van der Waals surface area contributed by atoms with Gasteiger partial charge in [-0.3, -0.25) is 4.79 Å². The molecule has 2 aromatic carbocycles. The predicted octanol–water partition coefficient (Wildman–Crippen LogP) is 4.95. The van der Waals surface area contributed by atoms with Crippen LogP contribution in [0.1, 0.15) is 17.4 Å². The Hall–Kier alpha value is -3.03. The molecule has 1 amide bonds. The second-order valence-electron chi connectivity index (χ2n) is 6.34. The van der Waals surface area contributed by atoms with E-state index in [4.69, 9.17) is 25.8 Å². The van der Waals surface area contributed by atoms with E-state index in [1.54, 1.807) is 30.5 Å². The summed E-state index contributed by atoms with van der Waals surface area (Å²) in [5.41, 5.74) is 3.32. The zero-order valence-electron chi connectivity index (χ0n) is 17.0. The van der Waals surface area contributed by atoms with Crippen LogP contribution in [0.3, 0.4) is 0 Å². The second kappa shape index (κ2) is 12.0. The van der Waals surface area contributed by atoms with Crippen LogP contribution in [-0.4, -0.2) is 31.9 Å². The lowest BCUT2D eigenvalue weighted by Crippen LogP contribution is -2.19. The quantitative estimate of drug-likeness (QED) is 0.251. The van der Waals surface area contributed by atoms with E-state index < -0.39 is 0 Å². The zero-order chi connectivity index (χ0) is 21.9. The summed E-state index contributed by atoms with van der Waals surface area (Å²) in [5, 5.41) is 6.62. The Bertz CT molecular complexity index is 991. The van der Waals surface area contributed by atoms with Crippen LogP contribution in [-0.2, 0) is 11.2 Å². The first kappa shape index (κ1) is 22.7. The van der Waals surface area contributed by atoms with Gasteiger partial charge in [-0.1, -0.05) is 17.7 Å². The standard InChI is InChI=1S/C23H23ClN2O4S/c1-2-28-22-14-17(16-25-26-23(27)15-20-4-3-13-31-20)5-10-21(22)30-12-11-29-19-8-6-18(24)7-9-19/h3-10,13-14,16H,2,11-12,15H2,1H3,(H,26,27)/b25-16-. The molecule has 0 radical (unpaired) electrons. The zero-order valence-corrected chi connectivity index (χ0v) is 18.6. The molecule has 3 rings (SSSR count). The maximum atomic E-state index is 11.9. The maximum absolute atomic E-state index is 11.9. The monoisotopic (exact) mass is 458 g/mol. The Labute approximate surface area is 190 Å². The molecule has 0 saturated heterocycles. The minimum Gasteiger partial charge on any atom is -0.490 e. The molecule has 0 aliphatic heterocycles. The van der Waals surface area contributed by atoms with Crippen LogP contribution in [0.25, 0.3) is 0 Å². The van der Waals surface area contributed by atoms with Crippen molar-refractivity contribution in [2.75, 3.05) is 19.8 Å². The van der Waals surface area contributed by atoms with Gasteiger partial charge in [-0.15, -0.1) is 11.3 Å². The van der Waals surface area contributed by atoms with Gasteiger partial charge >= 0.3 is 0 Å². The number of benzene rings is 2. The maximum Gasteiger partial charge on any atom is 0.245 e. The average Bonchev–Trinajstić information content (AvgIpc) is 3.27. The fraction of sp³-hybridized carbons (Fsp3) is 0.217. The first-order valence-corrected chi connectivity index (χ1v) is 11.0. The topological polar surface area (TPSA) is 69.2 Å². The number of carbonyl (C=O) groups excluding carboxylic acids is 1. The summed E-state index contributed by atoms with van der Waals surface area (Å²) < 4.78 is 17.1. The fourth-order valence-electron chi connectivity index (χ4n) is 2.62. The highest BCUT2D eigenvalue weighted by atomic mass is 35.5. The van der Waals surface area contributed by atoms with E-state index in [1.165, 1.54) is 11.3 Å². The minimum absolute atomic E-state index is 0.163. The van der Waals surface area contributed by atoms with E-state index in [-0.39, 0.29) is 5.91 Å². The number of hydrogen-bond donors (Lipinski definition) is 1. The highest BCUT2D eigenvalue weighted by Gasteiger charge is 2.07. The molecule has 0 bridgehead atoms. The van der Waals surface area contributed by atoms with Gasteiger partial charge in [0.05, 0.1) is 19.2 Å². The summed E-state index contributed by atoms with van der Waals surface area (Å²) in [6.45, 7) is 3.14. The molecule has 1 aromatic heterocycles. The normalized spacial score (nSPS) is 10.8. The molecular weight excluding hydrogens is 436 g/mol. The molecule has 8 heteroatoms. The van der Waals surface area contributed by atoms with E-state index >= 15 is 0 Å². The van der Waals surface area contributed by atoms with Crippen LogP contribution < -0.4 is 19.6 Å². The Morgan fingerprint density at radius 1 is 1.06 bits per heavy atom. The average molecular weight is 459 g/mol. The van der Waals surface area contributed by atoms with Gasteiger partial charge in [0.1, 0.15) is 19.0 Å². The number of ether oxygens (including phenoxy) is 3. The number of hydrogen-bond acceptors (Lipinski definition) is 6. The van der Waals surface area contributed by atoms with Crippen molar-refractivity contribution in [3.05, 3.63) is 75.4 Å². The van der Waals surface area contributed by atoms with Crippen LogP contribution >= 0.6 is 22.9 Å². The predicted molar refractivity (Wildman–Crippen MR) is 124 cm³/mol. The molecule has 0 spiro atoms. The molecule has 0 fully saturated rings. The molecule has 1 N–H and O–H groups in total. The number of hydrazone groups is 1. The van der Waals surface area contributed by atoms with E-state index in [2.05, 4.69) is 10.5 Å². The van der Waals surface area contributed by atoms with Crippen LogP contribution in [0, 0.1) is 0 Å². The molecule has 0 atom stereocenters. The van der Waals surface area contributed by atoms with Crippen LogP contribution in [0.4, 0.5) is 0 Å². The Balaban J connectivity index is 1.50. The summed E-state index contributed by atoms with van der Waals surface area (Å²) >= 11 is 7.40. The SMILES string of the molecule is CCOc1cc(/C=N\NC(=O)Cc2cccs2)ccc1OCCOc1ccc(Cl)cc1. The van der Waals surface area contributed by atoms with E-state index in [0.717, 1.165) is 16.2 Å². The summed E-state index contributed by atoms with van der Waals surface area (Å²) in [4.78, 5) is 12.9. The summed E-state index contributed by atoms with van der Waals surface area (Å²) in [6.07, 6.45) is 1.88. The van der Waals surface area contributed by atoms with Crippen molar-refractivity contribution < 1.29 is 19.0 Å². The van der Waals surface area contributed by atoms with E-state index in [1.807, 2.05) is 42.6 Å². The van der Waals surface area contributed by atoms with Crippen LogP contribution in [0.5, 0.6) is 17.2 Å². The van der Waals surface area contributed by atoms with Crippen molar-refractivity contribution in [2.24, 2.45) is 5.10 Å². The molecular formula is C23H23ClN2O4S. The molecule has 162 valence electrons. The second-order valence-corrected chi connectivity index (χ2v) is 7.81. The minimum atomic E-state index is -0.163. The molecule has 0 aliphatic carbocycles. The van der Waals surface area contributed by atoms with Crippen molar-refractivity contribution in [1.82, 2.24) is 5.43 Å². The Kier molecular flexibility index (Phi) is 8.75. The Morgan fingerprint density at radius 2 is 1.87 bits per heavy atom. The largest absolute Gasteiger partial charge is 0.490 e. The molecule has 0 unspecified atom stereocenters. The highest BCUT2D eigenvalue weighted by Crippen LogP contribution is 2.28. The van der Waals surface area contributed by atoms with Gasteiger partial charge in [-0.05, 0) is 66.4 Å². The highest BCUT2D eigenvalue weighted by molar-refractivity contribution is 7.10. The summed E-state index contributed by atoms with van der Waals surface area (Å²) in [6, 6.07) is 16.5. The van der Waals surface area contributed by atoms with Gasteiger partial charge in [0.15, 0.2) is 11.5 Å². The molecule has 0 saturated carbocycles. The number of halogens is 1. The van der Waals surface area contributed by atoms with E-state index in [0.29, 0.717) is 42.8 Å². The lowest BCUT2D eigenvalue weighted by molar-refractivity contribution is -0.120. The number of amides is 1. The lowest BCUT2D eigenvalue weighted by Gasteiger charge is -2.13. The van der Waals surface area contributed by atoms with Crippen molar-refractivity contribution in [3.63, 3.8) is 0 Å². The third-order valence-corrected chi connectivity index (χ3v) is 5.14. The first-order valence-electron chi connectivity index (χ1n) is 9.76. The summed E-state index contributed by atoms with van der Waals surface area (Å²) in [5.74, 6) is 1.78. The van der Waals surface area contributed by atoms with Gasteiger partial charge in [0.25, 0.3) is 0 Å². The first-order chi connectivity index (χ1) is 15.1. The van der Waals surface area contributed by atoms with Gasteiger partial charge < -0.3 is 14.2 Å². The van der Waals surface area contributed by atoms with Gasteiger partial charge in [-0.2, -0.15) is 5.10 Å². The molecule has 31 heavy (non-hydrogen) atoms. The lowest BCUT2D eigenvalue weighted by atomic mass is 10.2. The molecule has 3 aromatic rings. The van der Waals surface area contributed by atoms with Crippen molar-refractivity contribution in [2.45, 2.75) is 13.3 Å². The van der Waals surface area contributed by atoms with Gasteiger partial charge in [0.2, 0.25) is 5.91 Å². The molecule has 1 heterocycles.